The molecule has 1 saturated heterocycles. The van der Waals surface area contributed by atoms with E-state index in [4.69, 9.17) is 9.47 Å². The number of hydrogen-bond acceptors (Lipinski definition) is 7. The van der Waals surface area contributed by atoms with Gasteiger partial charge >= 0.3 is 11.9 Å². The lowest BCUT2D eigenvalue weighted by atomic mass is 9.76. The minimum atomic E-state index is -0.712. The Morgan fingerprint density at radius 2 is 1.45 bits per heavy atom. The van der Waals surface area contributed by atoms with Gasteiger partial charge in [-0.2, -0.15) is 0 Å². The highest BCUT2D eigenvalue weighted by Gasteiger charge is 2.49. The number of nitrogens with one attached hydrogen (secondary N) is 1. The number of anilines is 2. The van der Waals surface area contributed by atoms with Crippen molar-refractivity contribution >= 4 is 41.0 Å². The Morgan fingerprint density at radius 3 is 2.08 bits per heavy atom. The van der Waals surface area contributed by atoms with Crippen molar-refractivity contribution in [2.75, 3.05) is 23.4 Å². The van der Waals surface area contributed by atoms with Crippen molar-refractivity contribution in [3.05, 3.63) is 59.7 Å². The van der Waals surface area contributed by atoms with Crippen LogP contribution < -0.4 is 10.2 Å². The van der Waals surface area contributed by atoms with E-state index in [-0.39, 0.29) is 35.1 Å². The number of fused-ring (bicyclic) bond motifs is 1. The van der Waals surface area contributed by atoms with Crippen molar-refractivity contribution < 1.29 is 33.4 Å². The molecule has 2 fully saturated rings. The zero-order chi connectivity index (χ0) is 27.4. The molecule has 4 rings (SSSR count). The summed E-state index contributed by atoms with van der Waals surface area (Å²) in [5, 5.41) is 2.60. The summed E-state index contributed by atoms with van der Waals surface area (Å²) < 4.78 is 10.3. The van der Waals surface area contributed by atoms with Gasteiger partial charge in [-0.05, 0) is 79.6 Å². The van der Waals surface area contributed by atoms with E-state index < -0.39 is 24.5 Å². The first-order chi connectivity index (χ1) is 18.1. The first kappa shape index (κ1) is 27.0. The molecule has 3 atom stereocenters. The van der Waals surface area contributed by atoms with Gasteiger partial charge in [0.05, 0.1) is 35.3 Å². The summed E-state index contributed by atoms with van der Waals surface area (Å²) in [6.45, 7) is 5.79. The number of amides is 3. The maximum absolute atomic E-state index is 12.9. The summed E-state index contributed by atoms with van der Waals surface area (Å²) >= 11 is 0. The van der Waals surface area contributed by atoms with Crippen molar-refractivity contribution in [2.45, 2.75) is 40.0 Å². The fraction of sp³-hybridized carbons (Fsp3) is 0.414. The van der Waals surface area contributed by atoms with Gasteiger partial charge in [-0.1, -0.05) is 20.8 Å². The van der Waals surface area contributed by atoms with Crippen LogP contribution in [0.4, 0.5) is 11.4 Å². The van der Waals surface area contributed by atoms with Crippen molar-refractivity contribution in [3.8, 4) is 0 Å². The van der Waals surface area contributed by atoms with Gasteiger partial charge in [0.15, 0.2) is 6.61 Å². The van der Waals surface area contributed by atoms with Crippen LogP contribution >= 0.6 is 0 Å². The summed E-state index contributed by atoms with van der Waals surface area (Å²) in [5.74, 6) is -1.96. The predicted octanol–water partition coefficient (Wildman–Crippen LogP) is 4.22. The standard InChI is InChI=1S/C29H32N2O7/c1-17(2)15-37-28(35)19-5-9-21(10-6-19)30-25(32)16-38-29(36)20-7-11-22(12-8-20)31-26(33)23-13-4-18(3)14-24(23)27(31)34/h5-12,17-18,23-24H,4,13-16H2,1-3H3,(H,30,32)/t18-,23+,24-/m0/s1. The maximum atomic E-state index is 12.9. The number of benzene rings is 2. The van der Waals surface area contributed by atoms with Crippen molar-refractivity contribution in [2.24, 2.45) is 23.7 Å². The number of rotatable bonds is 8. The van der Waals surface area contributed by atoms with Crippen LogP contribution in [0, 0.1) is 23.7 Å². The molecular formula is C29H32N2O7. The summed E-state index contributed by atoms with van der Waals surface area (Å²) in [7, 11) is 0. The molecule has 1 saturated carbocycles. The Hall–Kier alpha value is -4.01. The van der Waals surface area contributed by atoms with Gasteiger partial charge in [-0.25, -0.2) is 9.59 Å². The van der Waals surface area contributed by atoms with E-state index in [9.17, 15) is 24.0 Å². The molecule has 1 aliphatic heterocycles. The topological polar surface area (TPSA) is 119 Å². The van der Waals surface area contributed by atoms with Crippen LogP contribution in [0.5, 0.6) is 0 Å². The molecule has 38 heavy (non-hydrogen) atoms. The van der Waals surface area contributed by atoms with E-state index in [0.717, 1.165) is 6.42 Å². The second-order valence-corrected chi connectivity index (χ2v) is 10.4. The molecule has 1 heterocycles. The lowest BCUT2D eigenvalue weighted by Gasteiger charge is -2.25. The Morgan fingerprint density at radius 1 is 0.868 bits per heavy atom. The van der Waals surface area contributed by atoms with E-state index in [0.29, 0.717) is 42.3 Å². The molecule has 1 aliphatic carbocycles. The first-order valence-corrected chi connectivity index (χ1v) is 12.9. The molecule has 0 aromatic heterocycles. The van der Waals surface area contributed by atoms with Gasteiger partial charge in [-0.15, -0.1) is 0 Å². The Kier molecular flexibility index (Phi) is 8.24. The zero-order valence-corrected chi connectivity index (χ0v) is 21.8. The highest BCUT2D eigenvalue weighted by molar-refractivity contribution is 6.22. The molecule has 2 aromatic rings. The van der Waals surface area contributed by atoms with Crippen LogP contribution in [0.25, 0.3) is 0 Å². The summed E-state index contributed by atoms with van der Waals surface area (Å²) in [6.07, 6.45) is 2.37. The molecule has 2 aromatic carbocycles. The molecule has 0 radical (unpaired) electrons. The molecule has 200 valence electrons. The highest BCUT2D eigenvalue weighted by atomic mass is 16.5. The van der Waals surface area contributed by atoms with E-state index in [1.165, 1.54) is 29.2 Å². The van der Waals surface area contributed by atoms with Crippen LogP contribution in [0.15, 0.2) is 48.5 Å². The van der Waals surface area contributed by atoms with Gasteiger partial charge < -0.3 is 14.8 Å². The maximum Gasteiger partial charge on any atom is 0.338 e. The average Bonchev–Trinajstić information content (AvgIpc) is 3.15. The number of carbonyl (C=O) groups is 5. The predicted molar refractivity (Wildman–Crippen MR) is 139 cm³/mol. The second kappa shape index (κ2) is 11.6. The van der Waals surface area contributed by atoms with Gasteiger partial charge in [-0.3, -0.25) is 19.3 Å². The molecule has 9 heteroatoms. The number of imide groups is 1. The van der Waals surface area contributed by atoms with Crippen LogP contribution in [0.1, 0.15) is 60.7 Å². The molecular weight excluding hydrogens is 488 g/mol. The third kappa shape index (κ3) is 6.10. The first-order valence-electron chi connectivity index (χ1n) is 12.9. The number of carbonyl (C=O) groups excluding carboxylic acids is 5. The monoisotopic (exact) mass is 520 g/mol. The van der Waals surface area contributed by atoms with E-state index in [1.807, 2.05) is 13.8 Å². The highest BCUT2D eigenvalue weighted by Crippen LogP contribution is 2.42. The zero-order valence-electron chi connectivity index (χ0n) is 21.8. The molecule has 1 N–H and O–H groups in total. The van der Waals surface area contributed by atoms with Crippen molar-refractivity contribution in [1.29, 1.82) is 0 Å². The van der Waals surface area contributed by atoms with Crippen LogP contribution in [0.2, 0.25) is 0 Å². The number of nitrogens with zero attached hydrogens (tertiary/aromatic N) is 1. The normalized spacial score (nSPS) is 20.7. The van der Waals surface area contributed by atoms with Crippen molar-refractivity contribution in [1.82, 2.24) is 0 Å². The largest absolute Gasteiger partial charge is 0.462 e. The summed E-state index contributed by atoms with van der Waals surface area (Å²) in [4.78, 5) is 63.6. The summed E-state index contributed by atoms with van der Waals surface area (Å²) in [5.41, 5.74) is 1.42. The third-order valence-electron chi connectivity index (χ3n) is 6.84. The molecule has 2 aliphatic rings. The minimum Gasteiger partial charge on any atom is -0.462 e. The van der Waals surface area contributed by atoms with Gasteiger partial charge in [0, 0.05) is 5.69 Å². The molecule has 0 unspecified atom stereocenters. The molecule has 0 spiro atoms. The van der Waals surface area contributed by atoms with Crippen molar-refractivity contribution in [3.63, 3.8) is 0 Å². The van der Waals surface area contributed by atoms with Crippen LogP contribution in [-0.2, 0) is 23.9 Å². The number of ether oxygens (including phenoxy) is 2. The Bertz CT molecular complexity index is 1220. The number of hydrogen-bond donors (Lipinski definition) is 1. The third-order valence-corrected chi connectivity index (χ3v) is 6.84. The second-order valence-electron chi connectivity index (χ2n) is 10.4. The minimum absolute atomic E-state index is 0.181. The fourth-order valence-corrected chi connectivity index (χ4v) is 4.82. The smallest absolute Gasteiger partial charge is 0.338 e. The van der Waals surface area contributed by atoms with E-state index in [2.05, 4.69) is 12.2 Å². The molecule has 0 bridgehead atoms. The lowest BCUT2D eigenvalue weighted by Crippen LogP contribution is -2.30. The van der Waals surface area contributed by atoms with Gasteiger partial charge in [0.1, 0.15) is 0 Å². The Balaban J connectivity index is 1.28. The van der Waals surface area contributed by atoms with Gasteiger partial charge in [0.25, 0.3) is 5.91 Å². The Labute approximate surface area is 221 Å². The molecule has 9 nitrogen and oxygen atoms in total. The molecule has 3 amide bonds. The quantitative estimate of drug-likeness (QED) is 0.409. The lowest BCUT2D eigenvalue weighted by molar-refractivity contribution is -0.122. The van der Waals surface area contributed by atoms with Crippen LogP contribution in [-0.4, -0.2) is 42.9 Å². The average molecular weight is 521 g/mol. The fourth-order valence-electron chi connectivity index (χ4n) is 4.82. The van der Waals surface area contributed by atoms with Crippen LogP contribution in [0.3, 0.4) is 0 Å². The van der Waals surface area contributed by atoms with E-state index in [1.54, 1.807) is 24.3 Å². The summed E-state index contributed by atoms with van der Waals surface area (Å²) in [6, 6.07) is 12.2. The number of esters is 2. The van der Waals surface area contributed by atoms with E-state index >= 15 is 0 Å². The SMILES string of the molecule is CC(C)COC(=O)c1ccc(NC(=O)COC(=O)c2ccc(N3C(=O)[C@H]4C[C@@H](C)CC[C@H]4C3=O)cc2)cc1. The van der Waals surface area contributed by atoms with Gasteiger partial charge in [0.2, 0.25) is 11.8 Å².